The van der Waals surface area contributed by atoms with Gasteiger partial charge in [-0.1, -0.05) is 91.0 Å². The van der Waals surface area contributed by atoms with Crippen LogP contribution in [0.4, 0.5) is 4.79 Å². The van der Waals surface area contributed by atoms with Gasteiger partial charge in [-0.05, 0) is 64.9 Å². The molecule has 0 saturated carbocycles. The number of urea groups is 1. The van der Waals surface area contributed by atoms with Crippen LogP contribution in [-0.4, -0.2) is 53.0 Å². The van der Waals surface area contributed by atoms with Gasteiger partial charge in [-0.2, -0.15) is 0 Å². The second-order valence-electron chi connectivity index (χ2n) is 12.2. The quantitative estimate of drug-likeness (QED) is 0.168. The van der Waals surface area contributed by atoms with E-state index in [2.05, 4.69) is 39.8 Å². The third kappa shape index (κ3) is 8.20. The van der Waals surface area contributed by atoms with E-state index in [4.69, 9.17) is 9.47 Å². The zero-order valence-electron chi connectivity index (χ0n) is 26.1. The Balaban J connectivity index is 1.15. The van der Waals surface area contributed by atoms with E-state index >= 15 is 0 Å². The van der Waals surface area contributed by atoms with Crippen LogP contribution in [0.5, 0.6) is 0 Å². The van der Waals surface area contributed by atoms with Gasteiger partial charge < -0.3 is 30.3 Å². The molecule has 0 radical (unpaired) electrons. The molecule has 6 rings (SSSR count). The molecular weight excluding hydrogens is 578 g/mol. The molecule has 2 aliphatic rings. The molecule has 0 aliphatic carbocycles. The summed E-state index contributed by atoms with van der Waals surface area (Å²) >= 11 is 0. The fourth-order valence-electron chi connectivity index (χ4n) is 6.39. The number of hydrogen-bond donors (Lipinski definition) is 4. The second-order valence-corrected chi connectivity index (χ2v) is 12.2. The van der Waals surface area contributed by atoms with Crippen LogP contribution < -0.4 is 10.6 Å². The molecule has 2 fully saturated rings. The van der Waals surface area contributed by atoms with Gasteiger partial charge in [-0.25, -0.2) is 4.79 Å². The SMILES string of the molecule is O=C(NCc1ccccc1)NCc1cccc(-c2cccc([C@@H]3O[C@H](CN4CCC[C@H]4CO)C[C@H](c4ccc(CO)cc4)O3)c2)c1. The summed E-state index contributed by atoms with van der Waals surface area (Å²) in [6, 6.07) is 34.2. The third-order valence-corrected chi connectivity index (χ3v) is 8.93. The van der Waals surface area contributed by atoms with Crippen molar-refractivity contribution < 1.29 is 24.5 Å². The highest BCUT2D eigenvalue weighted by molar-refractivity contribution is 5.74. The molecule has 0 bridgehead atoms. The van der Waals surface area contributed by atoms with Crippen LogP contribution in [-0.2, 0) is 29.2 Å². The summed E-state index contributed by atoms with van der Waals surface area (Å²) in [6.07, 6.45) is 1.99. The van der Waals surface area contributed by atoms with Gasteiger partial charge in [0, 0.05) is 37.7 Å². The highest BCUT2D eigenvalue weighted by Crippen LogP contribution is 2.39. The van der Waals surface area contributed by atoms with Gasteiger partial charge in [0.2, 0.25) is 0 Å². The predicted octanol–water partition coefficient (Wildman–Crippen LogP) is 5.85. The number of nitrogens with one attached hydrogen (secondary N) is 2. The maximum atomic E-state index is 12.4. The summed E-state index contributed by atoms with van der Waals surface area (Å²) in [6.45, 7) is 2.75. The van der Waals surface area contributed by atoms with Gasteiger partial charge in [-0.3, -0.25) is 4.90 Å². The largest absolute Gasteiger partial charge is 0.395 e. The van der Waals surface area contributed by atoms with E-state index in [0.29, 0.717) is 19.5 Å². The first-order valence-corrected chi connectivity index (χ1v) is 16.2. The Morgan fingerprint density at radius 2 is 1.48 bits per heavy atom. The maximum Gasteiger partial charge on any atom is 0.315 e. The minimum absolute atomic E-state index is 0.00316. The van der Waals surface area contributed by atoms with Crippen molar-refractivity contribution in [3.63, 3.8) is 0 Å². The highest BCUT2D eigenvalue weighted by Gasteiger charge is 2.35. The summed E-state index contributed by atoms with van der Waals surface area (Å²) in [5.41, 5.74) is 6.97. The van der Waals surface area contributed by atoms with Crippen molar-refractivity contribution in [1.82, 2.24) is 15.5 Å². The Bertz CT molecular complexity index is 1560. The van der Waals surface area contributed by atoms with Crippen LogP contribution in [0.2, 0.25) is 0 Å². The molecule has 4 aromatic rings. The third-order valence-electron chi connectivity index (χ3n) is 8.93. The predicted molar refractivity (Wildman–Crippen MR) is 177 cm³/mol. The fraction of sp³-hybridized carbons (Fsp3) is 0.342. The summed E-state index contributed by atoms with van der Waals surface area (Å²) in [4.78, 5) is 14.8. The first-order valence-electron chi connectivity index (χ1n) is 16.2. The molecule has 4 aromatic carbocycles. The van der Waals surface area contributed by atoms with Gasteiger partial charge >= 0.3 is 6.03 Å². The molecule has 2 saturated heterocycles. The maximum absolute atomic E-state index is 12.4. The van der Waals surface area contributed by atoms with Crippen molar-refractivity contribution in [2.24, 2.45) is 0 Å². The number of ether oxygens (including phenoxy) is 2. The standard InChI is InChI=1S/C38H43N3O5/c42-25-28-14-16-30(17-15-28)36-21-35(24-41-18-6-13-34(41)26-43)45-37(46-36)33-12-5-11-32(20-33)31-10-4-9-29(19-31)23-40-38(44)39-22-27-7-2-1-3-8-27/h1-5,7-12,14-17,19-20,34-37,42-43H,6,13,18,21-26H2,(H2,39,40,44)/t34-,35-,36+,37+/m0/s1. The number of benzene rings is 4. The first kappa shape index (κ1) is 31.9. The highest BCUT2D eigenvalue weighted by atomic mass is 16.7. The van der Waals surface area contributed by atoms with E-state index in [9.17, 15) is 15.0 Å². The molecule has 2 amide bonds. The van der Waals surface area contributed by atoms with Crippen LogP contribution in [0, 0.1) is 0 Å². The molecule has 240 valence electrons. The molecule has 4 N–H and O–H groups in total. The Labute approximate surface area is 271 Å². The number of nitrogens with zero attached hydrogens (tertiary/aromatic N) is 1. The number of likely N-dealkylation sites (tertiary alicyclic amines) is 1. The summed E-state index contributed by atoms with van der Waals surface area (Å²) in [5, 5.41) is 25.3. The van der Waals surface area contributed by atoms with Crippen molar-refractivity contribution >= 4 is 6.03 Å². The normalized spacial score (nSPS) is 21.6. The first-order chi connectivity index (χ1) is 22.6. The molecule has 8 nitrogen and oxygen atoms in total. The molecule has 8 heteroatoms. The van der Waals surface area contributed by atoms with E-state index in [1.165, 1.54) is 0 Å². The van der Waals surface area contributed by atoms with E-state index in [1.807, 2.05) is 78.9 Å². The number of carbonyl (C=O) groups excluding carboxylic acids is 1. The Hall–Kier alpha value is -4.05. The Kier molecular flexibility index (Phi) is 10.7. The fourth-order valence-corrected chi connectivity index (χ4v) is 6.39. The van der Waals surface area contributed by atoms with E-state index < -0.39 is 6.29 Å². The lowest BCUT2D eigenvalue weighted by atomic mass is 9.98. The van der Waals surface area contributed by atoms with Crippen molar-refractivity contribution in [3.05, 3.63) is 131 Å². The monoisotopic (exact) mass is 621 g/mol. The van der Waals surface area contributed by atoms with Crippen LogP contribution in [0.15, 0.2) is 103 Å². The Morgan fingerprint density at radius 3 is 2.24 bits per heavy atom. The lowest BCUT2D eigenvalue weighted by Crippen LogP contribution is -2.42. The zero-order chi connectivity index (χ0) is 31.7. The topological polar surface area (TPSA) is 103 Å². The van der Waals surface area contributed by atoms with Gasteiger partial charge in [0.05, 0.1) is 25.4 Å². The molecule has 46 heavy (non-hydrogen) atoms. The number of amides is 2. The molecule has 2 heterocycles. The van der Waals surface area contributed by atoms with Crippen molar-refractivity contribution in [3.8, 4) is 11.1 Å². The van der Waals surface area contributed by atoms with E-state index in [0.717, 1.165) is 64.9 Å². The number of rotatable bonds is 11. The van der Waals surface area contributed by atoms with Crippen molar-refractivity contribution in [2.75, 3.05) is 19.7 Å². The number of hydrogen-bond acceptors (Lipinski definition) is 6. The zero-order valence-corrected chi connectivity index (χ0v) is 26.1. The Morgan fingerprint density at radius 1 is 0.761 bits per heavy atom. The number of aliphatic hydroxyl groups is 2. The van der Waals surface area contributed by atoms with E-state index in [-0.39, 0.29) is 37.5 Å². The molecule has 0 unspecified atom stereocenters. The molecule has 4 atom stereocenters. The molecule has 0 aromatic heterocycles. The second kappa shape index (κ2) is 15.5. The van der Waals surface area contributed by atoms with E-state index in [1.54, 1.807) is 0 Å². The minimum Gasteiger partial charge on any atom is -0.395 e. The molecular formula is C38H43N3O5. The van der Waals surface area contributed by atoms with Gasteiger partial charge in [0.15, 0.2) is 6.29 Å². The van der Waals surface area contributed by atoms with Gasteiger partial charge in [0.1, 0.15) is 0 Å². The summed E-state index contributed by atoms with van der Waals surface area (Å²) in [5.74, 6) is 0. The lowest BCUT2D eigenvalue weighted by Gasteiger charge is -2.38. The van der Waals surface area contributed by atoms with Crippen molar-refractivity contribution in [2.45, 2.75) is 63.5 Å². The van der Waals surface area contributed by atoms with Gasteiger partial charge in [0.25, 0.3) is 0 Å². The van der Waals surface area contributed by atoms with Gasteiger partial charge in [-0.15, -0.1) is 0 Å². The number of carbonyl (C=O) groups is 1. The average molecular weight is 622 g/mol. The van der Waals surface area contributed by atoms with Crippen LogP contribution in [0.1, 0.15) is 59.5 Å². The lowest BCUT2D eigenvalue weighted by molar-refractivity contribution is -0.253. The minimum atomic E-state index is -0.561. The average Bonchev–Trinajstić information content (AvgIpc) is 3.57. The van der Waals surface area contributed by atoms with Crippen LogP contribution >= 0.6 is 0 Å². The number of aliphatic hydroxyl groups excluding tert-OH is 2. The van der Waals surface area contributed by atoms with Crippen LogP contribution in [0.3, 0.4) is 0 Å². The molecule has 0 spiro atoms. The molecule has 2 aliphatic heterocycles. The van der Waals surface area contributed by atoms with Crippen molar-refractivity contribution in [1.29, 1.82) is 0 Å². The smallest absolute Gasteiger partial charge is 0.315 e. The summed E-state index contributed by atoms with van der Waals surface area (Å²) < 4.78 is 13.2. The van der Waals surface area contributed by atoms with Crippen LogP contribution in [0.25, 0.3) is 11.1 Å². The summed E-state index contributed by atoms with van der Waals surface area (Å²) in [7, 11) is 0.